The second kappa shape index (κ2) is 11.0. The van der Waals surface area contributed by atoms with Crippen LogP contribution in [0.2, 0.25) is 0 Å². The molecule has 4 rings (SSSR count). The molecular weight excluding hydrogens is 547 g/mol. The number of halogens is 2. The number of benzene rings is 3. The monoisotopic (exact) mass is 568 g/mol. The zero-order valence-electron chi connectivity index (χ0n) is 19.5. The Morgan fingerprint density at radius 2 is 1.83 bits per heavy atom. The Morgan fingerprint density at radius 3 is 2.50 bits per heavy atom. The molecule has 0 spiro atoms. The van der Waals surface area contributed by atoms with E-state index >= 15 is 0 Å². The summed E-state index contributed by atoms with van der Waals surface area (Å²) in [6.45, 7) is 2.03. The van der Waals surface area contributed by atoms with Gasteiger partial charge in [0.1, 0.15) is 18.0 Å². The average Bonchev–Trinajstić information content (AvgIpc) is 2.86. The molecule has 6 nitrogen and oxygen atoms in total. The van der Waals surface area contributed by atoms with Crippen LogP contribution >= 0.6 is 28.1 Å². The van der Waals surface area contributed by atoms with E-state index in [1.54, 1.807) is 42.5 Å². The highest BCUT2D eigenvalue weighted by Gasteiger charge is 2.34. The van der Waals surface area contributed by atoms with Crippen molar-refractivity contribution in [3.63, 3.8) is 0 Å². The Balaban J connectivity index is 1.64. The van der Waals surface area contributed by atoms with E-state index in [0.29, 0.717) is 32.8 Å². The van der Waals surface area contributed by atoms with Gasteiger partial charge in [0.05, 0.1) is 17.3 Å². The maximum atomic E-state index is 14.0. The number of nitrogens with zero attached hydrogens (tertiary/aromatic N) is 1. The van der Waals surface area contributed by atoms with Crippen LogP contribution in [0.1, 0.15) is 23.6 Å². The molecule has 2 amide bonds. The molecule has 1 saturated heterocycles. The number of methoxy groups -OCH3 is 1. The highest BCUT2D eigenvalue weighted by Crippen LogP contribution is 2.38. The molecule has 36 heavy (non-hydrogen) atoms. The lowest BCUT2D eigenvalue weighted by atomic mass is 10.1. The molecule has 0 unspecified atom stereocenters. The van der Waals surface area contributed by atoms with E-state index in [1.807, 2.05) is 19.1 Å². The van der Waals surface area contributed by atoms with Crippen molar-refractivity contribution in [2.75, 3.05) is 12.0 Å². The van der Waals surface area contributed by atoms with E-state index in [1.165, 1.54) is 24.2 Å². The Morgan fingerprint density at radius 1 is 1.11 bits per heavy atom. The highest BCUT2D eigenvalue weighted by atomic mass is 79.9. The normalized spacial score (nSPS) is 14.7. The molecule has 0 aliphatic carbocycles. The number of ether oxygens (including phenoxy) is 2. The van der Waals surface area contributed by atoms with E-state index in [2.05, 4.69) is 21.2 Å². The van der Waals surface area contributed by atoms with Crippen molar-refractivity contribution in [3.8, 4) is 11.5 Å². The first kappa shape index (κ1) is 25.5. The highest BCUT2D eigenvalue weighted by molar-refractivity contribution is 9.10. The van der Waals surface area contributed by atoms with E-state index in [9.17, 15) is 14.0 Å². The van der Waals surface area contributed by atoms with Gasteiger partial charge < -0.3 is 9.47 Å². The molecule has 1 heterocycles. The zero-order chi connectivity index (χ0) is 25.8. The molecule has 0 radical (unpaired) electrons. The molecule has 1 fully saturated rings. The van der Waals surface area contributed by atoms with Gasteiger partial charge >= 0.3 is 0 Å². The summed E-state index contributed by atoms with van der Waals surface area (Å²) in [7, 11) is 1.47. The summed E-state index contributed by atoms with van der Waals surface area (Å²) in [5.41, 5.74) is 2.50. The lowest BCUT2D eigenvalue weighted by Gasteiger charge is -2.29. The van der Waals surface area contributed by atoms with Gasteiger partial charge in [-0.3, -0.25) is 19.8 Å². The predicted molar refractivity (Wildman–Crippen MR) is 143 cm³/mol. The number of amides is 2. The van der Waals surface area contributed by atoms with Crippen LogP contribution in [0.25, 0.3) is 6.08 Å². The predicted octanol–water partition coefficient (Wildman–Crippen LogP) is 5.57. The fraction of sp³-hybridized carbons (Fsp3) is 0.148. The Labute approximate surface area is 221 Å². The van der Waals surface area contributed by atoms with Crippen LogP contribution in [0.15, 0.2) is 70.7 Å². The van der Waals surface area contributed by atoms with Crippen molar-refractivity contribution in [2.45, 2.75) is 20.0 Å². The van der Waals surface area contributed by atoms with Crippen molar-refractivity contribution >= 4 is 56.8 Å². The van der Waals surface area contributed by atoms with Gasteiger partial charge in [0.15, 0.2) is 16.6 Å². The molecule has 3 aromatic rings. The molecule has 9 heteroatoms. The summed E-state index contributed by atoms with van der Waals surface area (Å²) >= 11 is 8.73. The fourth-order valence-electron chi connectivity index (χ4n) is 3.67. The van der Waals surface area contributed by atoms with Crippen LogP contribution in [-0.2, 0) is 22.6 Å². The second-order valence-corrected chi connectivity index (χ2v) is 9.13. The topological polar surface area (TPSA) is 67.9 Å². The lowest BCUT2D eigenvalue weighted by Crippen LogP contribution is -2.54. The van der Waals surface area contributed by atoms with Crippen LogP contribution in [0, 0.1) is 5.82 Å². The zero-order valence-corrected chi connectivity index (χ0v) is 21.9. The number of hydrogen-bond acceptors (Lipinski definition) is 5. The Hall–Kier alpha value is -3.56. The maximum absolute atomic E-state index is 14.0. The third kappa shape index (κ3) is 5.32. The summed E-state index contributed by atoms with van der Waals surface area (Å²) in [5, 5.41) is 2.60. The number of nitrogens with one attached hydrogen (secondary N) is 1. The first-order chi connectivity index (χ1) is 17.3. The van der Waals surface area contributed by atoms with E-state index in [0.717, 1.165) is 12.0 Å². The van der Waals surface area contributed by atoms with Crippen molar-refractivity contribution < 1.29 is 23.5 Å². The Bertz CT molecular complexity index is 1370. The first-order valence-corrected chi connectivity index (χ1v) is 12.3. The molecule has 1 N–H and O–H groups in total. The molecule has 184 valence electrons. The number of thiocarbonyl (C=S) groups is 1. The summed E-state index contributed by atoms with van der Waals surface area (Å²) < 4.78 is 25.8. The molecule has 0 atom stereocenters. The number of carbonyl (C=O) groups excluding carboxylic acids is 2. The van der Waals surface area contributed by atoms with Crippen molar-refractivity contribution in [1.29, 1.82) is 0 Å². The van der Waals surface area contributed by atoms with Crippen LogP contribution in [-0.4, -0.2) is 24.0 Å². The van der Waals surface area contributed by atoms with Gasteiger partial charge in [-0.2, -0.15) is 0 Å². The van der Waals surface area contributed by atoms with E-state index in [-0.39, 0.29) is 23.1 Å². The minimum atomic E-state index is -0.596. The van der Waals surface area contributed by atoms with Gasteiger partial charge in [-0.1, -0.05) is 37.3 Å². The molecule has 0 aromatic heterocycles. The lowest BCUT2D eigenvalue weighted by molar-refractivity contribution is -0.122. The summed E-state index contributed by atoms with van der Waals surface area (Å²) in [4.78, 5) is 27.3. The maximum Gasteiger partial charge on any atom is 0.270 e. The van der Waals surface area contributed by atoms with Gasteiger partial charge in [0.2, 0.25) is 0 Å². The first-order valence-electron chi connectivity index (χ1n) is 11.1. The molecular formula is C27H22BrFN2O4S. The van der Waals surface area contributed by atoms with Crippen molar-refractivity contribution in [2.24, 2.45) is 0 Å². The quantitative estimate of drug-likeness (QED) is 0.229. The summed E-state index contributed by atoms with van der Waals surface area (Å²) in [6, 6.07) is 17.0. The third-order valence-corrected chi connectivity index (χ3v) is 6.47. The third-order valence-electron chi connectivity index (χ3n) is 5.60. The number of anilines is 1. The number of rotatable bonds is 7. The molecule has 1 aliphatic rings. The molecule has 0 saturated carbocycles. The number of hydrogen-bond donors (Lipinski definition) is 1. The Kier molecular flexibility index (Phi) is 7.81. The summed E-state index contributed by atoms with van der Waals surface area (Å²) in [6.07, 6.45) is 2.32. The van der Waals surface area contributed by atoms with Crippen molar-refractivity contribution in [3.05, 3.63) is 93.2 Å². The average molecular weight is 569 g/mol. The summed E-state index contributed by atoms with van der Waals surface area (Å²) in [5.74, 6) is -0.799. The smallest absolute Gasteiger partial charge is 0.270 e. The van der Waals surface area contributed by atoms with Crippen LogP contribution in [0.4, 0.5) is 10.1 Å². The molecule has 1 aliphatic heterocycles. The second-order valence-electron chi connectivity index (χ2n) is 7.89. The van der Waals surface area contributed by atoms with Gasteiger partial charge in [-0.25, -0.2) is 4.39 Å². The van der Waals surface area contributed by atoms with Gasteiger partial charge in [0.25, 0.3) is 11.8 Å². The largest absolute Gasteiger partial charge is 0.493 e. The number of aryl methyl sites for hydroxylation is 1. The fourth-order valence-corrected chi connectivity index (χ4v) is 4.52. The van der Waals surface area contributed by atoms with E-state index < -0.39 is 11.8 Å². The van der Waals surface area contributed by atoms with Crippen LogP contribution in [0.5, 0.6) is 11.5 Å². The van der Waals surface area contributed by atoms with E-state index in [4.69, 9.17) is 21.7 Å². The van der Waals surface area contributed by atoms with Crippen LogP contribution < -0.4 is 19.7 Å². The van der Waals surface area contributed by atoms with Crippen LogP contribution in [0.3, 0.4) is 0 Å². The van der Waals surface area contributed by atoms with Gasteiger partial charge in [0, 0.05) is 5.56 Å². The molecule has 3 aromatic carbocycles. The van der Waals surface area contributed by atoms with Gasteiger partial charge in [-0.15, -0.1) is 0 Å². The molecule has 0 bridgehead atoms. The SMILES string of the molecule is CCc1ccc(N2C(=O)/C(=C/c3cc(Br)c(OCc4ccccc4F)c(OC)c3)C(=O)NC2=S)cc1. The standard InChI is InChI=1S/C27H22BrFN2O4S/c1-3-16-8-10-19(11-9-16)31-26(33)20(25(32)30-27(31)36)12-17-13-21(28)24(23(14-17)34-2)35-15-18-6-4-5-7-22(18)29/h4-14H,3,15H2,1-2H3,(H,30,32,36)/b20-12+. The van der Waals surface area contributed by atoms with Crippen molar-refractivity contribution in [1.82, 2.24) is 5.32 Å². The number of carbonyl (C=O) groups is 2. The minimum absolute atomic E-state index is 0.00775. The van der Waals surface area contributed by atoms with Gasteiger partial charge in [-0.05, 0) is 82.1 Å². The minimum Gasteiger partial charge on any atom is -0.493 e.